The van der Waals surface area contributed by atoms with E-state index in [1.807, 2.05) is 6.07 Å². The molecule has 1 aromatic rings. The zero-order valence-corrected chi connectivity index (χ0v) is 14.9. The molecule has 1 N–H and O–H groups in total. The van der Waals surface area contributed by atoms with Crippen LogP contribution in [0.3, 0.4) is 0 Å². The quantitative estimate of drug-likeness (QED) is 0.862. The number of ether oxygens (including phenoxy) is 1. The van der Waals surface area contributed by atoms with E-state index in [1.165, 1.54) is 0 Å². The van der Waals surface area contributed by atoms with Gasteiger partial charge in [-0.25, -0.2) is 0 Å². The number of aliphatic carboxylic acids is 1. The van der Waals surface area contributed by atoms with Crippen LogP contribution in [0, 0.1) is 5.92 Å². The fourth-order valence-corrected chi connectivity index (χ4v) is 3.72. The van der Waals surface area contributed by atoms with Crippen LogP contribution < -0.4 is 0 Å². The number of hydrogen-bond acceptors (Lipinski definition) is 4. The van der Waals surface area contributed by atoms with Crippen molar-refractivity contribution in [3.63, 3.8) is 0 Å². The van der Waals surface area contributed by atoms with Crippen molar-refractivity contribution in [1.82, 2.24) is 4.98 Å². The summed E-state index contributed by atoms with van der Waals surface area (Å²) < 4.78 is 12.1. The van der Waals surface area contributed by atoms with E-state index in [2.05, 4.69) is 38.8 Å². The maximum Gasteiger partial charge on any atom is 0.312 e. The second-order valence-corrected chi connectivity index (χ2v) is 12.1. The van der Waals surface area contributed by atoms with E-state index in [0.717, 1.165) is 5.56 Å². The predicted octanol–water partition coefficient (Wildman–Crippen LogP) is 3.24. The number of rotatable bonds is 4. The van der Waals surface area contributed by atoms with Gasteiger partial charge in [0.1, 0.15) is 5.92 Å². The molecule has 1 aliphatic heterocycles. The maximum atomic E-state index is 11.8. The summed E-state index contributed by atoms with van der Waals surface area (Å²) in [6, 6.07) is 3.64. The summed E-state index contributed by atoms with van der Waals surface area (Å²) in [6.45, 7) is 11.0. The van der Waals surface area contributed by atoms with Crippen LogP contribution in [0.4, 0.5) is 0 Å². The first kappa shape index (κ1) is 17.1. The number of pyridine rings is 1. The van der Waals surface area contributed by atoms with Crippen LogP contribution in [0.2, 0.25) is 18.1 Å². The highest BCUT2D eigenvalue weighted by atomic mass is 28.4. The van der Waals surface area contributed by atoms with E-state index in [0.29, 0.717) is 6.61 Å². The first-order valence-electron chi connectivity index (χ1n) is 7.55. The molecule has 22 heavy (non-hydrogen) atoms. The summed E-state index contributed by atoms with van der Waals surface area (Å²) in [4.78, 5) is 15.8. The second-order valence-electron chi connectivity index (χ2n) is 7.32. The molecule has 0 aliphatic carbocycles. The van der Waals surface area contributed by atoms with Crippen molar-refractivity contribution in [1.29, 1.82) is 0 Å². The first-order valence-corrected chi connectivity index (χ1v) is 10.5. The summed E-state index contributed by atoms with van der Waals surface area (Å²) in [5.41, 5.74) is 0.788. The number of carboxylic acids is 1. The highest BCUT2D eigenvalue weighted by molar-refractivity contribution is 6.74. The minimum atomic E-state index is -2.05. The Bertz CT molecular complexity index is 527. The Labute approximate surface area is 132 Å². The zero-order valence-electron chi connectivity index (χ0n) is 13.9. The molecule has 0 bridgehead atoms. The highest BCUT2D eigenvalue weighted by Crippen LogP contribution is 2.42. The highest BCUT2D eigenvalue weighted by Gasteiger charge is 2.48. The van der Waals surface area contributed by atoms with Crippen LogP contribution in [0.1, 0.15) is 32.4 Å². The number of carboxylic acid groups (broad SMARTS) is 1. The van der Waals surface area contributed by atoms with Crippen molar-refractivity contribution in [3.05, 3.63) is 30.1 Å². The lowest BCUT2D eigenvalue weighted by Crippen LogP contribution is -2.47. The molecule has 5 nitrogen and oxygen atoms in total. The predicted molar refractivity (Wildman–Crippen MR) is 86.1 cm³/mol. The molecule has 0 unspecified atom stereocenters. The first-order chi connectivity index (χ1) is 10.1. The monoisotopic (exact) mass is 323 g/mol. The van der Waals surface area contributed by atoms with Gasteiger partial charge in [-0.1, -0.05) is 26.8 Å². The fraction of sp³-hybridized carbons (Fsp3) is 0.625. The molecule has 6 heteroatoms. The van der Waals surface area contributed by atoms with Gasteiger partial charge < -0.3 is 14.3 Å². The van der Waals surface area contributed by atoms with Crippen molar-refractivity contribution in [3.8, 4) is 0 Å². The van der Waals surface area contributed by atoms with Gasteiger partial charge in [-0.05, 0) is 24.2 Å². The Balaban J connectivity index is 2.22. The van der Waals surface area contributed by atoms with Crippen molar-refractivity contribution in [2.24, 2.45) is 5.92 Å². The molecule has 1 fully saturated rings. The molecule has 1 aromatic heterocycles. The maximum absolute atomic E-state index is 11.8. The minimum Gasteiger partial charge on any atom is -0.481 e. The normalized spacial score (nSPS) is 26.1. The Morgan fingerprint density at radius 3 is 2.64 bits per heavy atom. The van der Waals surface area contributed by atoms with Gasteiger partial charge in [0.2, 0.25) is 0 Å². The van der Waals surface area contributed by atoms with Crippen LogP contribution in [-0.2, 0) is 14.0 Å². The Kier molecular flexibility index (Phi) is 4.75. The van der Waals surface area contributed by atoms with Gasteiger partial charge in [-0.15, -0.1) is 0 Å². The Morgan fingerprint density at radius 1 is 1.45 bits per heavy atom. The van der Waals surface area contributed by atoms with Crippen molar-refractivity contribution in [2.45, 2.75) is 51.1 Å². The van der Waals surface area contributed by atoms with E-state index in [-0.39, 0.29) is 5.04 Å². The largest absolute Gasteiger partial charge is 0.481 e. The lowest BCUT2D eigenvalue weighted by molar-refractivity contribution is -0.145. The van der Waals surface area contributed by atoms with Gasteiger partial charge in [-0.3, -0.25) is 9.78 Å². The van der Waals surface area contributed by atoms with E-state index in [4.69, 9.17) is 9.16 Å². The van der Waals surface area contributed by atoms with Crippen LogP contribution in [0.15, 0.2) is 24.5 Å². The molecule has 0 saturated carbocycles. The number of aromatic nitrogens is 1. The smallest absolute Gasteiger partial charge is 0.312 e. The third-order valence-corrected chi connectivity index (χ3v) is 9.22. The minimum absolute atomic E-state index is 0.0302. The van der Waals surface area contributed by atoms with Crippen molar-refractivity contribution >= 4 is 14.3 Å². The number of carbonyl (C=O) groups is 1. The van der Waals surface area contributed by atoms with Gasteiger partial charge in [0.25, 0.3) is 0 Å². The van der Waals surface area contributed by atoms with Gasteiger partial charge in [-0.2, -0.15) is 0 Å². The van der Waals surface area contributed by atoms with Gasteiger partial charge in [0.15, 0.2) is 8.32 Å². The van der Waals surface area contributed by atoms with Crippen LogP contribution in [0.5, 0.6) is 0 Å². The van der Waals surface area contributed by atoms with Crippen LogP contribution in [0.25, 0.3) is 0 Å². The lowest BCUT2D eigenvalue weighted by Gasteiger charge is -2.39. The molecule has 1 saturated heterocycles. The molecule has 0 radical (unpaired) electrons. The Hall–Kier alpha value is -1.24. The van der Waals surface area contributed by atoms with Crippen LogP contribution in [-0.4, -0.2) is 37.1 Å². The zero-order chi connectivity index (χ0) is 16.5. The standard InChI is InChI=1S/C16H25NO4Si/c1-16(2,3)22(4,5)21-12-10-20-14(13(12)15(18)19)11-7-6-8-17-9-11/h6-9,12-14H,10H2,1-5H3,(H,18,19)/t12-,13+,14-/m1/s1. The van der Waals surface area contributed by atoms with E-state index in [1.54, 1.807) is 18.5 Å². The molecule has 2 rings (SSSR count). The van der Waals surface area contributed by atoms with Gasteiger partial charge in [0.05, 0.1) is 18.8 Å². The van der Waals surface area contributed by atoms with Crippen molar-refractivity contribution < 1.29 is 19.1 Å². The molecular weight excluding hydrogens is 298 g/mol. The summed E-state index contributed by atoms with van der Waals surface area (Å²) in [5.74, 6) is -1.58. The summed E-state index contributed by atoms with van der Waals surface area (Å²) in [6.07, 6.45) is 2.41. The van der Waals surface area contributed by atoms with Crippen LogP contribution >= 0.6 is 0 Å². The average Bonchev–Trinajstić information content (AvgIpc) is 2.81. The number of nitrogens with zero attached hydrogens (tertiary/aromatic N) is 1. The van der Waals surface area contributed by atoms with Gasteiger partial charge in [0, 0.05) is 18.0 Å². The van der Waals surface area contributed by atoms with E-state index >= 15 is 0 Å². The number of hydrogen-bond donors (Lipinski definition) is 1. The second kappa shape index (κ2) is 6.10. The third kappa shape index (κ3) is 3.39. The van der Waals surface area contributed by atoms with E-state index < -0.39 is 32.4 Å². The molecule has 2 heterocycles. The molecule has 1 aliphatic rings. The Morgan fingerprint density at radius 2 is 2.14 bits per heavy atom. The molecule has 0 spiro atoms. The molecule has 0 amide bonds. The molecule has 122 valence electrons. The lowest BCUT2D eigenvalue weighted by atomic mass is 9.95. The van der Waals surface area contributed by atoms with Gasteiger partial charge >= 0.3 is 5.97 Å². The summed E-state index contributed by atoms with van der Waals surface area (Å²) in [5, 5.41) is 9.68. The fourth-order valence-electron chi connectivity index (χ4n) is 2.40. The molecule has 0 aromatic carbocycles. The van der Waals surface area contributed by atoms with Crippen molar-refractivity contribution in [2.75, 3.05) is 6.61 Å². The molecular formula is C16H25NO4Si. The average molecular weight is 323 g/mol. The topological polar surface area (TPSA) is 68.7 Å². The molecule has 3 atom stereocenters. The summed E-state index contributed by atoms with van der Waals surface area (Å²) in [7, 11) is -2.05. The van der Waals surface area contributed by atoms with E-state index in [9.17, 15) is 9.90 Å². The SMILES string of the molecule is CC(C)(C)[Si](C)(C)O[C@@H]1CO[C@H](c2cccnc2)[C@H]1C(=O)O. The third-order valence-electron chi connectivity index (χ3n) is 4.72. The summed E-state index contributed by atoms with van der Waals surface area (Å²) >= 11 is 0.